The van der Waals surface area contributed by atoms with E-state index in [4.69, 9.17) is 10.5 Å². The first-order valence-electron chi connectivity index (χ1n) is 8.67. The topological polar surface area (TPSA) is 58.8 Å². The lowest BCUT2D eigenvalue weighted by molar-refractivity contribution is -0.137. The number of amides is 1. The normalized spacial score (nSPS) is 25.5. The summed E-state index contributed by atoms with van der Waals surface area (Å²) in [5, 5.41) is 0. The van der Waals surface area contributed by atoms with Crippen molar-refractivity contribution in [3.8, 4) is 5.75 Å². The average molecular weight is 317 g/mol. The van der Waals surface area contributed by atoms with Gasteiger partial charge >= 0.3 is 0 Å². The van der Waals surface area contributed by atoms with Gasteiger partial charge in [-0.05, 0) is 31.4 Å². The molecule has 126 valence electrons. The second-order valence-electron chi connectivity index (χ2n) is 6.60. The molecule has 5 heteroatoms. The van der Waals surface area contributed by atoms with Crippen LogP contribution in [0.2, 0.25) is 0 Å². The van der Waals surface area contributed by atoms with Gasteiger partial charge in [0.2, 0.25) is 5.91 Å². The molecule has 1 aliphatic heterocycles. The molecule has 1 saturated heterocycles. The predicted octanol–water partition coefficient (Wildman–Crippen LogP) is 1.34. The molecule has 0 aromatic heterocycles. The molecule has 1 aliphatic carbocycles. The molecule has 1 aromatic carbocycles. The molecule has 2 aliphatic rings. The van der Waals surface area contributed by atoms with E-state index >= 15 is 0 Å². The average Bonchev–Trinajstić information content (AvgIpc) is 3.02. The van der Waals surface area contributed by atoms with E-state index in [9.17, 15) is 4.79 Å². The molecule has 0 spiro atoms. The van der Waals surface area contributed by atoms with Crippen LogP contribution in [0.15, 0.2) is 30.3 Å². The van der Waals surface area contributed by atoms with Gasteiger partial charge < -0.3 is 15.4 Å². The van der Waals surface area contributed by atoms with Crippen LogP contribution in [0.25, 0.3) is 0 Å². The number of rotatable bonds is 5. The van der Waals surface area contributed by atoms with Gasteiger partial charge in [0.15, 0.2) is 0 Å². The number of carbonyl (C=O) groups excluding carboxylic acids is 1. The third kappa shape index (κ3) is 4.45. The smallest absolute Gasteiger partial charge is 0.225 e. The van der Waals surface area contributed by atoms with Gasteiger partial charge in [0, 0.05) is 44.7 Å². The maximum absolute atomic E-state index is 12.5. The number of benzene rings is 1. The quantitative estimate of drug-likeness (QED) is 0.890. The third-order valence-electron chi connectivity index (χ3n) is 4.93. The molecule has 3 rings (SSSR count). The highest BCUT2D eigenvalue weighted by Crippen LogP contribution is 2.26. The summed E-state index contributed by atoms with van der Waals surface area (Å²) in [6.45, 7) is 5.12. The molecule has 2 N–H and O–H groups in total. The van der Waals surface area contributed by atoms with Crippen molar-refractivity contribution in [3.63, 3.8) is 0 Å². The molecular formula is C18H27N3O2. The lowest BCUT2D eigenvalue weighted by Crippen LogP contribution is -2.50. The number of nitrogens with zero attached hydrogens (tertiary/aromatic N) is 2. The highest BCUT2D eigenvalue weighted by molar-refractivity contribution is 5.79. The molecular weight excluding hydrogens is 290 g/mol. The number of para-hydroxylation sites is 1. The number of hydrogen-bond donors (Lipinski definition) is 1. The van der Waals surface area contributed by atoms with E-state index in [1.165, 1.54) is 0 Å². The number of carbonyl (C=O) groups is 1. The lowest BCUT2D eigenvalue weighted by Gasteiger charge is -2.35. The third-order valence-corrected chi connectivity index (χ3v) is 4.93. The Morgan fingerprint density at radius 2 is 1.87 bits per heavy atom. The number of piperazine rings is 1. The highest BCUT2D eigenvalue weighted by atomic mass is 16.5. The van der Waals surface area contributed by atoms with Crippen LogP contribution in [-0.4, -0.2) is 61.1 Å². The first-order chi connectivity index (χ1) is 11.2. The fraction of sp³-hybridized carbons (Fsp3) is 0.611. The number of ether oxygens (including phenoxy) is 1. The Bertz CT molecular complexity index is 500. The fourth-order valence-electron chi connectivity index (χ4n) is 3.50. The van der Waals surface area contributed by atoms with Crippen molar-refractivity contribution in [2.24, 2.45) is 11.7 Å². The SMILES string of the molecule is NC1CCC(C(=O)N2CCN(CCOc3ccccc3)CC2)C1. The second-order valence-corrected chi connectivity index (χ2v) is 6.60. The van der Waals surface area contributed by atoms with Crippen molar-refractivity contribution in [1.29, 1.82) is 0 Å². The van der Waals surface area contributed by atoms with Gasteiger partial charge in [0.1, 0.15) is 12.4 Å². The van der Waals surface area contributed by atoms with Gasteiger partial charge in [0.05, 0.1) is 0 Å². The Morgan fingerprint density at radius 3 is 2.52 bits per heavy atom. The summed E-state index contributed by atoms with van der Waals surface area (Å²) >= 11 is 0. The van der Waals surface area contributed by atoms with Crippen LogP contribution in [-0.2, 0) is 4.79 Å². The Kier molecular flexibility index (Phi) is 5.51. The monoisotopic (exact) mass is 317 g/mol. The molecule has 1 saturated carbocycles. The minimum Gasteiger partial charge on any atom is -0.492 e. The molecule has 2 unspecified atom stereocenters. The summed E-state index contributed by atoms with van der Waals surface area (Å²) in [7, 11) is 0. The maximum atomic E-state index is 12.5. The van der Waals surface area contributed by atoms with Crippen LogP contribution in [0.1, 0.15) is 19.3 Å². The van der Waals surface area contributed by atoms with E-state index in [1.54, 1.807) is 0 Å². The number of nitrogens with two attached hydrogens (primary N) is 1. The summed E-state index contributed by atoms with van der Waals surface area (Å²) in [6, 6.07) is 10.1. The summed E-state index contributed by atoms with van der Waals surface area (Å²) in [5.74, 6) is 1.40. The lowest BCUT2D eigenvalue weighted by atomic mass is 10.1. The van der Waals surface area contributed by atoms with Gasteiger partial charge in [-0.25, -0.2) is 0 Å². The number of hydrogen-bond acceptors (Lipinski definition) is 4. The van der Waals surface area contributed by atoms with Crippen molar-refractivity contribution in [3.05, 3.63) is 30.3 Å². The van der Waals surface area contributed by atoms with Crippen LogP contribution >= 0.6 is 0 Å². The molecule has 5 nitrogen and oxygen atoms in total. The van der Waals surface area contributed by atoms with Crippen molar-refractivity contribution >= 4 is 5.91 Å². The first-order valence-corrected chi connectivity index (χ1v) is 8.67. The zero-order chi connectivity index (χ0) is 16.1. The summed E-state index contributed by atoms with van der Waals surface area (Å²) in [5.41, 5.74) is 5.92. The minimum absolute atomic E-state index is 0.165. The molecule has 1 heterocycles. The van der Waals surface area contributed by atoms with Crippen LogP contribution in [0.5, 0.6) is 5.75 Å². The van der Waals surface area contributed by atoms with E-state index in [0.717, 1.165) is 57.7 Å². The van der Waals surface area contributed by atoms with Crippen LogP contribution in [0.4, 0.5) is 0 Å². The minimum atomic E-state index is 0.165. The van der Waals surface area contributed by atoms with Crippen molar-refractivity contribution < 1.29 is 9.53 Å². The van der Waals surface area contributed by atoms with Crippen LogP contribution in [0, 0.1) is 5.92 Å². The van der Waals surface area contributed by atoms with E-state index in [2.05, 4.69) is 4.90 Å². The van der Waals surface area contributed by atoms with Gasteiger partial charge in [0.25, 0.3) is 0 Å². The standard InChI is InChI=1S/C18H27N3O2/c19-16-7-6-15(14-16)18(22)21-10-8-20(9-11-21)12-13-23-17-4-2-1-3-5-17/h1-5,15-16H,6-14,19H2. The Hall–Kier alpha value is -1.59. The van der Waals surface area contributed by atoms with E-state index < -0.39 is 0 Å². The van der Waals surface area contributed by atoms with Gasteiger partial charge in [-0.1, -0.05) is 18.2 Å². The van der Waals surface area contributed by atoms with Gasteiger partial charge in [-0.15, -0.1) is 0 Å². The summed E-state index contributed by atoms with van der Waals surface area (Å²) < 4.78 is 5.74. The molecule has 1 aromatic rings. The second kappa shape index (κ2) is 7.79. The Morgan fingerprint density at radius 1 is 1.13 bits per heavy atom. The molecule has 1 amide bonds. The van der Waals surface area contributed by atoms with E-state index in [1.807, 2.05) is 35.2 Å². The largest absolute Gasteiger partial charge is 0.492 e. The van der Waals surface area contributed by atoms with Gasteiger partial charge in [-0.2, -0.15) is 0 Å². The molecule has 0 bridgehead atoms. The van der Waals surface area contributed by atoms with Crippen molar-refractivity contribution in [2.45, 2.75) is 25.3 Å². The van der Waals surface area contributed by atoms with E-state index in [0.29, 0.717) is 12.5 Å². The Balaban J connectivity index is 1.36. The summed E-state index contributed by atoms with van der Waals surface area (Å²) in [4.78, 5) is 16.9. The Labute approximate surface area is 138 Å². The maximum Gasteiger partial charge on any atom is 0.225 e. The zero-order valence-corrected chi connectivity index (χ0v) is 13.7. The van der Waals surface area contributed by atoms with E-state index in [-0.39, 0.29) is 12.0 Å². The predicted molar refractivity (Wildman–Crippen MR) is 90.3 cm³/mol. The van der Waals surface area contributed by atoms with Crippen LogP contribution in [0.3, 0.4) is 0 Å². The first kappa shape index (κ1) is 16.3. The molecule has 2 fully saturated rings. The zero-order valence-electron chi connectivity index (χ0n) is 13.7. The molecule has 23 heavy (non-hydrogen) atoms. The fourth-order valence-corrected chi connectivity index (χ4v) is 3.50. The van der Waals surface area contributed by atoms with Crippen LogP contribution < -0.4 is 10.5 Å². The molecule has 2 atom stereocenters. The highest BCUT2D eigenvalue weighted by Gasteiger charge is 2.32. The van der Waals surface area contributed by atoms with Crippen molar-refractivity contribution in [2.75, 3.05) is 39.3 Å². The summed E-state index contributed by atoms with van der Waals surface area (Å²) in [6.07, 6.45) is 2.82. The van der Waals surface area contributed by atoms with Gasteiger partial charge in [-0.3, -0.25) is 9.69 Å². The molecule has 0 radical (unpaired) electrons. The van der Waals surface area contributed by atoms with Crippen molar-refractivity contribution in [1.82, 2.24) is 9.80 Å².